The Kier molecular flexibility index (Phi) is 2.44. The molecule has 1 aliphatic rings. The van der Waals surface area contributed by atoms with Crippen LogP contribution in [0.4, 0.5) is 0 Å². The van der Waals surface area contributed by atoms with Gasteiger partial charge in [-0.25, -0.2) is 0 Å². The van der Waals surface area contributed by atoms with E-state index in [4.69, 9.17) is 5.73 Å². The summed E-state index contributed by atoms with van der Waals surface area (Å²) >= 11 is 5.37. The molecule has 1 atom stereocenters. The van der Waals surface area contributed by atoms with Crippen LogP contribution in [0, 0.1) is 0 Å². The zero-order valence-corrected chi connectivity index (χ0v) is 8.99. The van der Waals surface area contributed by atoms with Gasteiger partial charge in [-0.3, -0.25) is 0 Å². The number of rotatable bonds is 1. The van der Waals surface area contributed by atoms with Crippen LogP contribution in [0.5, 0.6) is 0 Å². The molecule has 1 unspecified atom stereocenters. The maximum absolute atomic E-state index is 5.62. The summed E-state index contributed by atoms with van der Waals surface area (Å²) in [7, 11) is 0. The lowest BCUT2D eigenvalue weighted by Gasteiger charge is -2.00. The van der Waals surface area contributed by atoms with Crippen LogP contribution in [0.15, 0.2) is 27.6 Å². The lowest BCUT2D eigenvalue weighted by atomic mass is 10.1. The number of thioether (sulfide) groups is 1. The largest absolute Gasteiger partial charge is 0.329 e. The van der Waals surface area contributed by atoms with Crippen molar-refractivity contribution in [3.05, 3.63) is 28.2 Å². The summed E-state index contributed by atoms with van der Waals surface area (Å²) in [5.74, 6) is 0. The average molecular weight is 244 g/mol. The van der Waals surface area contributed by atoms with Gasteiger partial charge in [-0.2, -0.15) is 0 Å². The summed E-state index contributed by atoms with van der Waals surface area (Å²) in [4.78, 5) is 1.40. The maximum atomic E-state index is 5.62. The molecule has 64 valence electrons. The first-order valence-corrected chi connectivity index (χ1v) is 5.62. The summed E-state index contributed by atoms with van der Waals surface area (Å²) < 4.78 is 1.17. The molecular weight excluding hydrogens is 234 g/mol. The Labute approximate surface area is 84.9 Å². The van der Waals surface area contributed by atoms with Gasteiger partial charge in [0.05, 0.1) is 0 Å². The van der Waals surface area contributed by atoms with Gasteiger partial charge >= 0.3 is 0 Å². The number of benzene rings is 1. The van der Waals surface area contributed by atoms with E-state index in [1.165, 1.54) is 14.9 Å². The van der Waals surface area contributed by atoms with E-state index in [1.807, 2.05) is 11.8 Å². The molecule has 1 aliphatic heterocycles. The summed E-state index contributed by atoms with van der Waals surface area (Å²) in [6.07, 6.45) is 1.12. The summed E-state index contributed by atoms with van der Waals surface area (Å²) in [6.45, 7) is 0.775. The highest BCUT2D eigenvalue weighted by Crippen LogP contribution is 2.37. The van der Waals surface area contributed by atoms with Gasteiger partial charge in [0.2, 0.25) is 0 Å². The third-order valence-corrected chi connectivity index (χ3v) is 3.86. The first-order chi connectivity index (χ1) is 5.79. The Balaban J connectivity index is 2.30. The van der Waals surface area contributed by atoms with Gasteiger partial charge in [-0.1, -0.05) is 15.9 Å². The predicted molar refractivity (Wildman–Crippen MR) is 56.5 cm³/mol. The molecule has 0 aromatic heterocycles. The van der Waals surface area contributed by atoms with Crippen molar-refractivity contribution in [3.63, 3.8) is 0 Å². The lowest BCUT2D eigenvalue weighted by molar-refractivity contribution is 0.867. The normalized spacial score (nSPS) is 21.0. The first kappa shape index (κ1) is 8.60. The van der Waals surface area contributed by atoms with E-state index >= 15 is 0 Å². The lowest BCUT2D eigenvalue weighted by Crippen LogP contribution is -2.15. The second-order valence-electron chi connectivity index (χ2n) is 2.93. The van der Waals surface area contributed by atoms with Crippen LogP contribution in [0.2, 0.25) is 0 Å². The molecule has 0 bridgehead atoms. The second-order valence-corrected chi connectivity index (χ2v) is 5.19. The van der Waals surface area contributed by atoms with Crippen molar-refractivity contribution in [2.75, 3.05) is 6.54 Å². The molecule has 3 heteroatoms. The van der Waals surface area contributed by atoms with Gasteiger partial charge in [0.1, 0.15) is 0 Å². The predicted octanol–water partition coefficient (Wildman–Crippen LogP) is 2.42. The molecule has 2 N–H and O–H groups in total. The zero-order valence-electron chi connectivity index (χ0n) is 6.59. The summed E-state index contributed by atoms with van der Waals surface area (Å²) in [5.41, 5.74) is 7.05. The minimum atomic E-state index is 0.592. The fraction of sp³-hybridized carbons (Fsp3) is 0.333. The van der Waals surface area contributed by atoms with Crippen LogP contribution < -0.4 is 5.73 Å². The number of fused-ring (bicyclic) bond motifs is 1. The number of hydrogen-bond acceptors (Lipinski definition) is 2. The second kappa shape index (κ2) is 3.40. The van der Waals surface area contributed by atoms with Crippen molar-refractivity contribution in [2.45, 2.75) is 16.6 Å². The van der Waals surface area contributed by atoms with Gasteiger partial charge < -0.3 is 5.73 Å². The maximum Gasteiger partial charge on any atom is 0.0258 e. The monoisotopic (exact) mass is 243 g/mol. The minimum absolute atomic E-state index is 0.592. The van der Waals surface area contributed by atoms with Crippen molar-refractivity contribution in [3.8, 4) is 0 Å². The van der Waals surface area contributed by atoms with Gasteiger partial charge in [0.15, 0.2) is 0 Å². The fourth-order valence-corrected chi connectivity index (χ4v) is 2.99. The molecule has 0 aliphatic carbocycles. The molecule has 1 aromatic carbocycles. The molecule has 1 heterocycles. The third kappa shape index (κ3) is 1.53. The molecule has 1 aromatic rings. The Morgan fingerprint density at radius 1 is 1.58 bits per heavy atom. The van der Waals surface area contributed by atoms with Crippen LogP contribution in [0.25, 0.3) is 0 Å². The highest BCUT2D eigenvalue weighted by atomic mass is 79.9. The van der Waals surface area contributed by atoms with Gasteiger partial charge in [0.25, 0.3) is 0 Å². The topological polar surface area (TPSA) is 26.0 Å². The number of hydrogen-bond donors (Lipinski definition) is 1. The fourth-order valence-electron chi connectivity index (χ4n) is 1.42. The SMILES string of the molecule is NCC1Cc2cc(Br)ccc2S1. The highest BCUT2D eigenvalue weighted by molar-refractivity contribution is 9.10. The molecule has 0 saturated heterocycles. The van der Waals surface area contributed by atoms with E-state index in [-0.39, 0.29) is 0 Å². The summed E-state index contributed by atoms with van der Waals surface area (Å²) in [5, 5.41) is 0.592. The van der Waals surface area contributed by atoms with E-state index < -0.39 is 0 Å². The van der Waals surface area contributed by atoms with Crippen LogP contribution in [-0.2, 0) is 6.42 Å². The molecule has 0 spiro atoms. The van der Waals surface area contributed by atoms with Gasteiger partial charge in [0, 0.05) is 21.2 Å². The van der Waals surface area contributed by atoms with Crippen LogP contribution in [0.3, 0.4) is 0 Å². The Morgan fingerprint density at radius 3 is 3.17 bits per heavy atom. The average Bonchev–Trinajstić information content (AvgIpc) is 2.46. The molecule has 1 nitrogen and oxygen atoms in total. The molecular formula is C9H10BrNS. The Morgan fingerprint density at radius 2 is 2.42 bits per heavy atom. The summed E-state index contributed by atoms with van der Waals surface area (Å²) in [6, 6.07) is 6.45. The molecule has 0 fully saturated rings. The zero-order chi connectivity index (χ0) is 8.55. The first-order valence-electron chi connectivity index (χ1n) is 3.95. The van der Waals surface area contributed by atoms with Crippen LogP contribution in [0.1, 0.15) is 5.56 Å². The molecule has 0 radical (unpaired) electrons. The van der Waals surface area contributed by atoms with Crippen LogP contribution in [-0.4, -0.2) is 11.8 Å². The van der Waals surface area contributed by atoms with E-state index in [0.29, 0.717) is 5.25 Å². The van der Waals surface area contributed by atoms with Gasteiger partial charge in [-0.05, 0) is 30.2 Å². The minimum Gasteiger partial charge on any atom is -0.329 e. The smallest absolute Gasteiger partial charge is 0.0258 e. The van der Waals surface area contributed by atoms with Crippen molar-refractivity contribution in [2.24, 2.45) is 5.73 Å². The number of nitrogens with two attached hydrogens (primary N) is 1. The van der Waals surface area contributed by atoms with Crippen molar-refractivity contribution in [1.29, 1.82) is 0 Å². The van der Waals surface area contributed by atoms with E-state index in [1.54, 1.807) is 0 Å². The van der Waals surface area contributed by atoms with Crippen molar-refractivity contribution in [1.82, 2.24) is 0 Å². The molecule has 2 rings (SSSR count). The van der Waals surface area contributed by atoms with E-state index in [2.05, 4.69) is 34.1 Å². The third-order valence-electron chi connectivity index (χ3n) is 2.03. The quantitative estimate of drug-likeness (QED) is 0.821. The Hall–Kier alpha value is 0.01000. The van der Waals surface area contributed by atoms with E-state index in [9.17, 15) is 0 Å². The van der Waals surface area contributed by atoms with Crippen molar-refractivity contribution < 1.29 is 0 Å². The Bertz CT molecular complexity index is 301. The van der Waals surface area contributed by atoms with Crippen LogP contribution >= 0.6 is 27.7 Å². The van der Waals surface area contributed by atoms with E-state index in [0.717, 1.165) is 13.0 Å². The standard InChI is InChI=1S/C9H10BrNS/c10-7-1-2-9-6(3-7)4-8(5-11)12-9/h1-3,8H,4-5,11H2. The molecule has 0 saturated carbocycles. The number of halogens is 1. The van der Waals surface area contributed by atoms with Crippen molar-refractivity contribution >= 4 is 27.7 Å². The van der Waals surface area contributed by atoms with Gasteiger partial charge in [-0.15, -0.1) is 11.8 Å². The molecule has 0 amide bonds. The molecule has 12 heavy (non-hydrogen) atoms. The highest BCUT2D eigenvalue weighted by Gasteiger charge is 2.20.